The summed E-state index contributed by atoms with van der Waals surface area (Å²) in [6.07, 6.45) is 5.73. The summed E-state index contributed by atoms with van der Waals surface area (Å²) in [6, 6.07) is 7.99. The van der Waals surface area contributed by atoms with Gasteiger partial charge in [-0.15, -0.1) is 0 Å². The number of methoxy groups -OCH3 is 1. The average molecular weight is 482 g/mol. The minimum Gasteiger partial charge on any atom is -0.497 e. The Morgan fingerprint density at radius 1 is 1.06 bits per heavy atom. The van der Waals surface area contributed by atoms with Crippen molar-refractivity contribution in [2.75, 3.05) is 43.5 Å². The predicted octanol–water partition coefficient (Wildman–Crippen LogP) is 2.35. The number of nitrogens with one attached hydrogen (secondary N) is 1. The van der Waals surface area contributed by atoms with Crippen LogP contribution in [0.5, 0.6) is 5.75 Å². The molecule has 4 N–H and O–H groups in total. The number of piperidine rings is 2. The van der Waals surface area contributed by atoms with Crippen LogP contribution in [-0.4, -0.2) is 71.6 Å². The third kappa shape index (κ3) is 5.07. The number of carbonyl (C=O) groups is 3. The van der Waals surface area contributed by atoms with Gasteiger partial charge in [0.1, 0.15) is 22.7 Å². The maximum atomic E-state index is 12.6. The van der Waals surface area contributed by atoms with Gasteiger partial charge in [-0.25, -0.2) is 9.78 Å². The fourth-order valence-electron chi connectivity index (χ4n) is 5.01. The second kappa shape index (κ2) is 10.3. The number of nitrogens with two attached hydrogens (primary N) is 1. The molecule has 2 aliphatic rings. The second-order valence-electron chi connectivity index (χ2n) is 9.01. The molecular weight excluding hydrogens is 450 g/mol. The van der Waals surface area contributed by atoms with Crippen LogP contribution in [0, 0.1) is 0 Å². The average Bonchev–Trinajstić information content (AvgIpc) is 2.89. The summed E-state index contributed by atoms with van der Waals surface area (Å²) in [5.74, 6) is -0.901. The highest BCUT2D eigenvalue weighted by Crippen LogP contribution is 2.34. The highest BCUT2D eigenvalue weighted by Gasteiger charge is 2.45. The molecule has 0 bridgehead atoms. The zero-order chi connectivity index (χ0) is 25.0. The number of benzene rings is 1. The van der Waals surface area contributed by atoms with Gasteiger partial charge in [0.25, 0.3) is 5.91 Å². The first-order valence-corrected chi connectivity index (χ1v) is 11.8. The van der Waals surface area contributed by atoms with Crippen molar-refractivity contribution < 1.29 is 24.2 Å². The van der Waals surface area contributed by atoms with Crippen molar-refractivity contribution in [2.45, 2.75) is 37.6 Å². The van der Waals surface area contributed by atoms with Crippen LogP contribution in [0.3, 0.4) is 0 Å². The number of nitrogens with zero attached hydrogens (tertiary/aromatic N) is 3. The van der Waals surface area contributed by atoms with Crippen molar-refractivity contribution in [3.05, 3.63) is 47.7 Å². The Morgan fingerprint density at radius 2 is 1.71 bits per heavy atom. The van der Waals surface area contributed by atoms with Crippen molar-refractivity contribution in [3.63, 3.8) is 0 Å². The number of carbonyl (C=O) groups excluding carboxylic acids is 2. The van der Waals surface area contributed by atoms with E-state index in [0.29, 0.717) is 43.1 Å². The van der Waals surface area contributed by atoms with Crippen molar-refractivity contribution in [1.82, 2.24) is 9.88 Å². The van der Waals surface area contributed by atoms with Gasteiger partial charge < -0.3 is 25.8 Å². The van der Waals surface area contributed by atoms with E-state index in [9.17, 15) is 19.5 Å². The van der Waals surface area contributed by atoms with E-state index in [2.05, 4.69) is 15.2 Å². The van der Waals surface area contributed by atoms with Crippen LogP contribution in [0.25, 0.3) is 0 Å². The summed E-state index contributed by atoms with van der Waals surface area (Å²) in [5.41, 5.74) is 5.84. The van der Waals surface area contributed by atoms with Gasteiger partial charge in [-0.05, 0) is 69.1 Å². The highest BCUT2D eigenvalue weighted by molar-refractivity contribution is 6.05. The first-order chi connectivity index (χ1) is 16.8. The monoisotopic (exact) mass is 481 g/mol. The summed E-state index contributed by atoms with van der Waals surface area (Å²) < 4.78 is 5.10. The molecule has 2 saturated heterocycles. The Kier molecular flexibility index (Phi) is 7.20. The van der Waals surface area contributed by atoms with E-state index >= 15 is 0 Å². The minimum atomic E-state index is -1.14. The van der Waals surface area contributed by atoms with Gasteiger partial charge in [-0.3, -0.25) is 14.5 Å². The van der Waals surface area contributed by atoms with Crippen molar-refractivity contribution >= 4 is 29.3 Å². The predicted molar refractivity (Wildman–Crippen MR) is 131 cm³/mol. The molecule has 10 nitrogen and oxygen atoms in total. The van der Waals surface area contributed by atoms with E-state index < -0.39 is 11.5 Å². The Morgan fingerprint density at radius 3 is 2.29 bits per heavy atom. The van der Waals surface area contributed by atoms with Crippen LogP contribution >= 0.6 is 0 Å². The summed E-state index contributed by atoms with van der Waals surface area (Å²) in [6.45, 7) is 2.63. The zero-order valence-electron chi connectivity index (χ0n) is 19.8. The number of primary amides is 1. The normalized spacial score (nSPS) is 18.0. The molecule has 0 radical (unpaired) electrons. The van der Waals surface area contributed by atoms with E-state index in [-0.39, 0.29) is 23.1 Å². The van der Waals surface area contributed by atoms with Crippen LogP contribution < -0.4 is 20.7 Å². The number of carboxylic acid groups (broad SMARTS) is 1. The summed E-state index contributed by atoms with van der Waals surface area (Å²) in [5, 5.41) is 12.5. The fraction of sp³-hybridized carbons (Fsp3) is 0.440. The van der Waals surface area contributed by atoms with Gasteiger partial charge in [0.15, 0.2) is 0 Å². The molecular formula is C25H31N5O5. The molecule has 0 unspecified atom stereocenters. The summed E-state index contributed by atoms with van der Waals surface area (Å²) >= 11 is 0. The molecule has 3 heterocycles. The van der Waals surface area contributed by atoms with Gasteiger partial charge in [0, 0.05) is 18.7 Å². The Bertz CT molecular complexity index is 1090. The topological polar surface area (TPSA) is 138 Å². The fourth-order valence-corrected chi connectivity index (χ4v) is 5.01. The smallest absolute Gasteiger partial charge is 0.339 e. The molecule has 0 atom stereocenters. The Balaban J connectivity index is 1.49. The zero-order valence-corrected chi connectivity index (χ0v) is 19.8. The van der Waals surface area contributed by atoms with Crippen LogP contribution in [0.1, 0.15) is 52.8 Å². The van der Waals surface area contributed by atoms with Crippen molar-refractivity contribution in [2.24, 2.45) is 5.73 Å². The molecule has 2 aromatic rings. The molecule has 0 spiro atoms. The van der Waals surface area contributed by atoms with Gasteiger partial charge in [-0.1, -0.05) is 6.42 Å². The third-order valence-corrected chi connectivity index (χ3v) is 7.02. The van der Waals surface area contributed by atoms with Crippen molar-refractivity contribution in [1.29, 1.82) is 0 Å². The number of anilines is 2. The lowest BCUT2D eigenvalue weighted by Crippen LogP contribution is -2.63. The number of ether oxygens (including phenoxy) is 1. The van der Waals surface area contributed by atoms with E-state index in [1.54, 1.807) is 31.4 Å². The molecule has 2 amide bonds. The first-order valence-electron chi connectivity index (χ1n) is 11.8. The van der Waals surface area contributed by atoms with E-state index in [1.165, 1.54) is 12.3 Å². The quantitative estimate of drug-likeness (QED) is 0.548. The van der Waals surface area contributed by atoms with Gasteiger partial charge in [0.05, 0.1) is 19.0 Å². The van der Waals surface area contributed by atoms with Crippen LogP contribution in [0.4, 0.5) is 11.5 Å². The van der Waals surface area contributed by atoms with Crippen LogP contribution in [-0.2, 0) is 4.79 Å². The van der Waals surface area contributed by atoms with Crippen LogP contribution in [0.2, 0.25) is 0 Å². The number of likely N-dealkylation sites (tertiary alicyclic amines) is 1. The molecule has 1 aromatic heterocycles. The van der Waals surface area contributed by atoms with E-state index in [4.69, 9.17) is 10.5 Å². The van der Waals surface area contributed by atoms with Gasteiger partial charge in [0.2, 0.25) is 5.91 Å². The standard InChI is InChI=1S/C25H31N5O5/c1-35-19-7-5-17(6-8-19)22(31)28-18-15-20(23(32)33)21(27-16-18)29-13-9-25(10-14-29,24(26)34)30-11-3-2-4-12-30/h5-8,15-16H,2-4,9-14H2,1H3,(H2,26,34)(H,28,31)(H,32,33). The number of aromatic carboxylic acids is 1. The van der Waals surface area contributed by atoms with Crippen LogP contribution in [0.15, 0.2) is 36.5 Å². The SMILES string of the molecule is COc1ccc(C(=O)Nc2cnc(N3CCC(C(N)=O)(N4CCCCC4)CC3)c(C(=O)O)c2)cc1. The lowest BCUT2D eigenvalue weighted by Gasteiger charge is -2.48. The number of hydrogen-bond donors (Lipinski definition) is 3. The number of pyridine rings is 1. The molecule has 186 valence electrons. The molecule has 0 saturated carbocycles. The summed E-state index contributed by atoms with van der Waals surface area (Å²) in [4.78, 5) is 45.6. The third-order valence-electron chi connectivity index (χ3n) is 7.02. The lowest BCUT2D eigenvalue weighted by molar-refractivity contribution is -0.132. The number of hydrogen-bond acceptors (Lipinski definition) is 7. The lowest BCUT2D eigenvalue weighted by atomic mass is 9.83. The molecule has 10 heteroatoms. The highest BCUT2D eigenvalue weighted by atomic mass is 16.5. The Hall–Kier alpha value is -3.66. The largest absolute Gasteiger partial charge is 0.497 e. The Labute approximate surface area is 204 Å². The number of rotatable bonds is 7. The van der Waals surface area contributed by atoms with Crippen molar-refractivity contribution in [3.8, 4) is 5.75 Å². The summed E-state index contributed by atoms with van der Waals surface area (Å²) in [7, 11) is 1.54. The maximum Gasteiger partial charge on any atom is 0.339 e. The first kappa shape index (κ1) is 24.5. The number of aromatic nitrogens is 1. The van der Waals surface area contributed by atoms with Gasteiger partial charge >= 0.3 is 5.97 Å². The molecule has 2 aliphatic heterocycles. The minimum absolute atomic E-state index is 0.0120. The number of amides is 2. The molecule has 1 aromatic carbocycles. The van der Waals surface area contributed by atoms with Gasteiger partial charge in [-0.2, -0.15) is 0 Å². The van der Waals surface area contributed by atoms with E-state index in [1.807, 2.05) is 4.90 Å². The molecule has 2 fully saturated rings. The number of carboxylic acids is 1. The van der Waals surface area contributed by atoms with E-state index in [0.717, 1.165) is 32.4 Å². The maximum absolute atomic E-state index is 12.6. The molecule has 4 rings (SSSR count). The second-order valence-corrected chi connectivity index (χ2v) is 9.01. The molecule has 0 aliphatic carbocycles. The molecule has 35 heavy (non-hydrogen) atoms.